The van der Waals surface area contributed by atoms with Crippen LogP contribution in [0.5, 0.6) is 5.75 Å². The smallest absolute Gasteiger partial charge is 0.118 e. The van der Waals surface area contributed by atoms with Gasteiger partial charge in [-0.2, -0.15) is 0 Å². The molecular weight excluding hydrogens is 364 g/mol. The lowest BCUT2D eigenvalue weighted by Gasteiger charge is -2.08. The van der Waals surface area contributed by atoms with Crippen molar-refractivity contribution < 1.29 is 4.74 Å². The molecule has 0 saturated heterocycles. The van der Waals surface area contributed by atoms with E-state index in [-0.39, 0.29) is 0 Å². The number of hydrogen-bond acceptors (Lipinski definition) is 1. The quantitative estimate of drug-likeness (QED) is 0.259. The summed E-state index contributed by atoms with van der Waals surface area (Å²) in [5.41, 5.74) is 3.96. The third kappa shape index (κ3) is 6.90. The van der Waals surface area contributed by atoms with Gasteiger partial charge in [0.1, 0.15) is 5.75 Å². The van der Waals surface area contributed by atoms with E-state index in [2.05, 4.69) is 55.5 Å². The van der Waals surface area contributed by atoms with E-state index >= 15 is 0 Å². The van der Waals surface area contributed by atoms with Gasteiger partial charge in [-0.15, -0.1) is 0 Å². The van der Waals surface area contributed by atoms with Gasteiger partial charge < -0.3 is 4.74 Å². The number of ether oxygens (including phenoxy) is 1. The van der Waals surface area contributed by atoms with Gasteiger partial charge in [-0.25, -0.2) is 0 Å². The van der Waals surface area contributed by atoms with Crippen molar-refractivity contribution in [2.75, 3.05) is 7.11 Å². The minimum atomic E-state index is 0.899. The zero-order valence-corrected chi connectivity index (χ0v) is 19.0. The number of benzene rings is 3. The molecule has 3 rings (SSSR count). The minimum absolute atomic E-state index is 0.899. The van der Waals surface area contributed by atoms with Gasteiger partial charge in [-0.05, 0) is 58.5 Å². The van der Waals surface area contributed by atoms with E-state index in [0.717, 1.165) is 5.75 Å². The second-order valence-electron chi connectivity index (χ2n) is 8.56. The average molecular weight is 403 g/mol. The summed E-state index contributed by atoms with van der Waals surface area (Å²) in [6.45, 7) is 2.29. The third-order valence-corrected chi connectivity index (χ3v) is 6.15. The second-order valence-corrected chi connectivity index (χ2v) is 8.56. The van der Waals surface area contributed by atoms with Crippen molar-refractivity contribution in [1.82, 2.24) is 0 Å². The fourth-order valence-electron chi connectivity index (χ4n) is 4.23. The Labute approximate surface area is 183 Å². The van der Waals surface area contributed by atoms with Crippen LogP contribution < -0.4 is 4.74 Å². The summed E-state index contributed by atoms with van der Waals surface area (Å²) in [5, 5.41) is 2.66. The van der Waals surface area contributed by atoms with Crippen LogP contribution in [0.25, 0.3) is 21.9 Å². The molecule has 0 aliphatic carbocycles. The van der Waals surface area contributed by atoms with E-state index in [9.17, 15) is 0 Å². The zero-order chi connectivity index (χ0) is 21.0. The molecule has 0 N–H and O–H groups in total. The highest BCUT2D eigenvalue weighted by Gasteiger charge is 2.02. The summed E-state index contributed by atoms with van der Waals surface area (Å²) in [4.78, 5) is 0. The Morgan fingerprint density at radius 2 is 1.13 bits per heavy atom. The highest BCUT2D eigenvalue weighted by atomic mass is 16.5. The first-order valence-electron chi connectivity index (χ1n) is 12.0. The Morgan fingerprint density at radius 3 is 1.80 bits per heavy atom. The first-order valence-corrected chi connectivity index (χ1v) is 12.0. The average Bonchev–Trinajstić information content (AvgIpc) is 2.80. The van der Waals surface area contributed by atoms with Gasteiger partial charge in [0.05, 0.1) is 7.11 Å². The standard InChI is InChI=1S/C29H38O/c1-3-4-5-6-7-8-9-10-11-12-13-24-14-15-28-23-27(17-16-26(28)22-24)25-18-20-29(30-2)21-19-25/h14-23H,3-13H2,1-2H3. The number of fused-ring (bicyclic) bond motifs is 1. The first-order chi connectivity index (χ1) is 14.8. The molecule has 0 atom stereocenters. The summed E-state index contributed by atoms with van der Waals surface area (Å²) < 4.78 is 5.27. The summed E-state index contributed by atoms with van der Waals surface area (Å²) in [7, 11) is 1.71. The largest absolute Gasteiger partial charge is 0.497 e. The van der Waals surface area contributed by atoms with Crippen LogP contribution >= 0.6 is 0 Å². The molecule has 0 saturated carbocycles. The molecule has 1 heteroatoms. The lowest BCUT2D eigenvalue weighted by molar-refractivity contribution is 0.415. The van der Waals surface area contributed by atoms with Crippen molar-refractivity contribution in [1.29, 1.82) is 0 Å². The van der Waals surface area contributed by atoms with E-state index in [1.54, 1.807) is 7.11 Å². The van der Waals surface area contributed by atoms with E-state index < -0.39 is 0 Å². The van der Waals surface area contributed by atoms with Crippen LogP contribution in [0.3, 0.4) is 0 Å². The van der Waals surface area contributed by atoms with Gasteiger partial charge in [0.15, 0.2) is 0 Å². The molecule has 0 fully saturated rings. The molecule has 0 radical (unpaired) electrons. The van der Waals surface area contributed by atoms with Crippen molar-refractivity contribution in [3.63, 3.8) is 0 Å². The molecule has 0 amide bonds. The molecule has 0 aliphatic rings. The van der Waals surface area contributed by atoms with Crippen LogP contribution in [-0.4, -0.2) is 7.11 Å². The van der Waals surface area contributed by atoms with Gasteiger partial charge in [-0.1, -0.05) is 107 Å². The van der Waals surface area contributed by atoms with Crippen molar-refractivity contribution in [2.24, 2.45) is 0 Å². The van der Waals surface area contributed by atoms with Crippen molar-refractivity contribution in [3.05, 3.63) is 66.2 Å². The van der Waals surface area contributed by atoms with Crippen LogP contribution in [0.4, 0.5) is 0 Å². The molecule has 3 aromatic rings. The first kappa shape index (κ1) is 22.4. The Bertz CT molecular complexity index is 879. The summed E-state index contributed by atoms with van der Waals surface area (Å²) in [5.74, 6) is 0.899. The summed E-state index contributed by atoms with van der Waals surface area (Å²) in [6, 6.07) is 22.1. The zero-order valence-electron chi connectivity index (χ0n) is 19.0. The Morgan fingerprint density at radius 1 is 0.567 bits per heavy atom. The topological polar surface area (TPSA) is 9.23 Å². The minimum Gasteiger partial charge on any atom is -0.497 e. The fourth-order valence-corrected chi connectivity index (χ4v) is 4.23. The number of rotatable bonds is 13. The Hall–Kier alpha value is -2.28. The van der Waals surface area contributed by atoms with Crippen molar-refractivity contribution >= 4 is 10.8 Å². The Balaban J connectivity index is 1.44. The van der Waals surface area contributed by atoms with E-state index in [4.69, 9.17) is 4.74 Å². The fraction of sp³-hybridized carbons (Fsp3) is 0.448. The molecule has 0 spiro atoms. The maximum absolute atomic E-state index is 5.27. The normalized spacial score (nSPS) is 11.1. The Kier molecular flexibility index (Phi) is 9.28. The van der Waals surface area contributed by atoms with Gasteiger partial charge >= 0.3 is 0 Å². The SMILES string of the molecule is CCCCCCCCCCCCc1ccc2cc(-c3ccc(OC)cc3)ccc2c1. The molecule has 0 bridgehead atoms. The molecule has 0 aliphatic heterocycles. The molecule has 30 heavy (non-hydrogen) atoms. The van der Waals surface area contributed by atoms with Gasteiger partial charge in [0.25, 0.3) is 0 Å². The highest BCUT2D eigenvalue weighted by molar-refractivity contribution is 5.87. The molecular formula is C29H38O. The van der Waals surface area contributed by atoms with Gasteiger partial charge in [0, 0.05) is 0 Å². The predicted octanol–water partition coefficient (Wildman–Crippen LogP) is 8.98. The third-order valence-electron chi connectivity index (χ3n) is 6.15. The molecule has 0 heterocycles. The highest BCUT2D eigenvalue weighted by Crippen LogP contribution is 2.27. The monoisotopic (exact) mass is 402 g/mol. The molecule has 0 aromatic heterocycles. The molecule has 0 unspecified atom stereocenters. The van der Waals surface area contributed by atoms with Crippen LogP contribution in [0.15, 0.2) is 60.7 Å². The molecule has 1 nitrogen and oxygen atoms in total. The number of aryl methyl sites for hydroxylation is 1. The van der Waals surface area contributed by atoms with E-state index in [1.165, 1.54) is 98.1 Å². The van der Waals surface area contributed by atoms with Crippen molar-refractivity contribution in [2.45, 2.75) is 77.6 Å². The van der Waals surface area contributed by atoms with Crippen LogP contribution in [0.2, 0.25) is 0 Å². The maximum Gasteiger partial charge on any atom is 0.118 e. The molecule has 160 valence electrons. The number of unbranched alkanes of at least 4 members (excludes halogenated alkanes) is 9. The van der Waals surface area contributed by atoms with Crippen LogP contribution in [0.1, 0.15) is 76.7 Å². The van der Waals surface area contributed by atoms with E-state index in [0.29, 0.717) is 0 Å². The summed E-state index contributed by atoms with van der Waals surface area (Å²) in [6.07, 6.45) is 15.2. The van der Waals surface area contributed by atoms with Crippen LogP contribution in [0, 0.1) is 0 Å². The summed E-state index contributed by atoms with van der Waals surface area (Å²) >= 11 is 0. The molecule has 3 aromatic carbocycles. The van der Waals surface area contributed by atoms with Crippen LogP contribution in [-0.2, 0) is 6.42 Å². The lowest BCUT2D eigenvalue weighted by Crippen LogP contribution is -1.88. The number of methoxy groups -OCH3 is 1. The lowest BCUT2D eigenvalue weighted by atomic mass is 9.98. The number of hydrogen-bond donors (Lipinski definition) is 0. The van der Waals surface area contributed by atoms with Crippen molar-refractivity contribution in [3.8, 4) is 16.9 Å². The van der Waals surface area contributed by atoms with E-state index in [1.807, 2.05) is 12.1 Å². The maximum atomic E-state index is 5.27. The second kappa shape index (κ2) is 12.4. The van der Waals surface area contributed by atoms with Gasteiger partial charge in [-0.3, -0.25) is 0 Å². The predicted molar refractivity (Wildman–Crippen MR) is 131 cm³/mol. The van der Waals surface area contributed by atoms with Gasteiger partial charge in [0.2, 0.25) is 0 Å².